The van der Waals surface area contributed by atoms with Gasteiger partial charge in [-0.3, -0.25) is 0 Å². The van der Waals surface area contributed by atoms with Crippen molar-refractivity contribution in [2.45, 2.75) is 6.92 Å². The maximum Gasteiger partial charge on any atom is 0.137 e. The van der Waals surface area contributed by atoms with E-state index in [4.69, 9.17) is 4.74 Å². The Bertz CT molecular complexity index is 567. The second kappa shape index (κ2) is 4.71. The van der Waals surface area contributed by atoms with Crippen LogP contribution >= 0.6 is 0 Å². The topological polar surface area (TPSA) is 33.0 Å². The fourth-order valence-electron chi connectivity index (χ4n) is 1.87. The highest BCUT2D eigenvalue weighted by Gasteiger charge is 2.11. The van der Waals surface area contributed by atoms with E-state index in [1.807, 2.05) is 49.4 Å². The van der Waals surface area contributed by atoms with Gasteiger partial charge < -0.3 is 4.74 Å². The molecule has 0 aliphatic heterocycles. The number of nitrogens with zero attached hydrogens (tertiary/aromatic N) is 1. The normalized spacial score (nSPS) is 9.71. The van der Waals surface area contributed by atoms with Gasteiger partial charge >= 0.3 is 0 Å². The van der Waals surface area contributed by atoms with Gasteiger partial charge in [0.15, 0.2) is 0 Å². The first-order valence-electron chi connectivity index (χ1n) is 5.40. The molecule has 0 aliphatic carbocycles. The fourth-order valence-corrected chi connectivity index (χ4v) is 1.87. The van der Waals surface area contributed by atoms with E-state index >= 15 is 0 Å². The quantitative estimate of drug-likeness (QED) is 0.780. The van der Waals surface area contributed by atoms with E-state index in [9.17, 15) is 5.26 Å². The molecule has 0 N–H and O–H groups in total. The average Bonchev–Trinajstić information content (AvgIpc) is 2.38. The molecular weight excluding hydrogens is 210 g/mol. The minimum Gasteiger partial charge on any atom is -0.495 e. The van der Waals surface area contributed by atoms with E-state index in [1.54, 1.807) is 7.11 Å². The average molecular weight is 223 g/mol. The number of hydrogen-bond acceptors (Lipinski definition) is 2. The molecule has 17 heavy (non-hydrogen) atoms. The highest BCUT2D eigenvalue weighted by molar-refractivity contribution is 5.74. The molecule has 0 aliphatic rings. The standard InChI is InChI=1S/C15H13NO/c1-11-8-13(12-6-4-3-5-7-12)14(10-16)15(9-11)17-2/h3-9H,1-2H3. The fraction of sp³-hybridized carbons (Fsp3) is 0.133. The van der Waals surface area contributed by atoms with Gasteiger partial charge in [0.25, 0.3) is 0 Å². The van der Waals surface area contributed by atoms with Crippen LogP contribution in [0.3, 0.4) is 0 Å². The molecule has 0 bridgehead atoms. The molecule has 0 atom stereocenters. The van der Waals surface area contributed by atoms with Crippen LogP contribution in [0, 0.1) is 18.3 Å². The van der Waals surface area contributed by atoms with Crippen LogP contribution in [0.1, 0.15) is 11.1 Å². The number of methoxy groups -OCH3 is 1. The first-order chi connectivity index (χ1) is 8.26. The maximum absolute atomic E-state index is 9.25. The van der Waals surface area contributed by atoms with Gasteiger partial charge in [-0.15, -0.1) is 0 Å². The van der Waals surface area contributed by atoms with Gasteiger partial charge in [-0.25, -0.2) is 0 Å². The molecule has 0 spiro atoms. The van der Waals surface area contributed by atoms with Crippen LogP contribution in [0.25, 0.3) is 11.1 Å². The summed E-state index contributed by atoms with van der Waals surface area (Å²) in [5, 5.41) is 9.25. The number of aryl methyl sites for hydroxylation is 1. The molecule has 0 aromatic heterocycles. The molecule has 0 radical (unpaired) electrons. The second-order valence-electron chi connectivity index (χ2n) is 3.87. The van der Waals surface area contributed by atoms with Gasteiger partial charge in [0, 0.05) is 5.56 Å². The lowest BCUT2D eigenvalue weighted by molar-refractivity contribution is 0.413. The third kappa shape index (κ3) is 2.14. The molecule has 2 heteroatoms. The summed E-state index contributed by atoms with van der Waals surface area (Å²) < 4.78 is 5.26. The molecular formula is C15H13NO. The van der Waals surface area contributed by atoms with Gasteiger partial charge in [0.1, 0.15) is 17.4 Å². The van der Waals surface area contributed by atoms with Crippen LogP contribution in [0.2, 0.25) is 0 Å². The molecule has 0 heterocycles. The minimum atomic E-state index is 0.587. The molecule has 2 nitrogen and oxygen atoms in total. The number of hydrogen-bond donors (Lipinski definition) is 0. The predicted molar refractivity (Wildman–Crippen MR) is 67.9 cm³/mol. The zero-order valence-corrected chi connectivity index (χ0v) is 9.90. The molecule has 0 fully saturated rings. The summed E-state index contributed by atoms with van der Waals surface area (Å²) in [5.41, 5.74) is 3.63. The van der Waals surface area contributed by atoms with Crippen LogP contribution in [-0.4, -0.2) is 7.11 Å². The Morgan fingerprint density at radius 3 is 2.41 bits per heavy atom. The summed E-state index contributed by atoms with van der Waals surface area (Å²) in [6.45, 7) is 2.00. The van der Waals surface area contributed by atoms with Crippen molar-refractivity contribution in [2.24, 2.45) is 0 Å². The number of nitriles is 1. The van der Waals surface area contributed by atoms with Crippen molar-refractivity contribution in [1.82, 2.24) is 0 Å². The van der Waals surface area contributed by atoms with Gasteiger partial charge in [-0.2, -0.15) is 5.26 Å². The molecule has 2 rings (SSSR count). The zero-order valence-electron chi connectivity index (χ0n) is 9.90. The molecule has 0 amide bonds. The summed E-state index contributed by atoms with van der Waals surface area (Å²) in [6, 6.07) is 16.0. The van der Waals surface area contributed by atoms with E-state index in [0.717, 1.165) is 16.7 Å². The first-order valence-corrected chi connectivity index (χ1v) is 5.40. The van der Waals surface area contributed by atoms with Crippen LogP contribution < -0.4 is 4.74 Å². The minimum absolute atomic E-state index is 0.587. The van der Waals surface area contributed by atoms with E-state index in [-0.39, 0.29) is 0 Å². The summed E-state index contributed by atoms with van der Waals surface area (Å²) in [5.74, 6) is 0.631. The van der Waals surface area contributed by atoms with Crippen molar-refractivity contribution in [3.8, 4) is 22.9 Å². The van der Waals surface area contributed by atoms with E-state index in [1.165, 1.54) is 0 Å². The molecule has 2 aromatic rings. The first kappa shape index (κ1) is 11.2. The van der Waals surface area contributed by atoms with Crippen molar-refractivity contribution in [2.75, 3.05) is 7.11 Å². The van der Waals surface area contributed by atoms with E-state index < -0.39 is 0 Å². The highest BCUT2D eigenvalue weighted by atomic mass is 16.5. The summed E-state index contributed by atoms with van der Waals surface area (Å²) in [4.78, 5) is 0. The Balaban J connectivity index is 2.70. The van der Waals surface area contributed by atoms with Gasteiger partial charge in [-0.1, -0.05) is 30.3 Å². The Morgan fingerprint density at radius 2 is 1.82 bits per heavy atom. The molecule has 0 unspecified atom stereocenters. The largest absolute Gasteiger partial charge is 0.495 e. The van der Waals surface area contributed by atoms with Crippen LogP contribution in [-0.2, 0) is 0 Å². The number of ether oxygens (including phenoxy) is 1. The highest BCUT2D eigenvalue weighted by Crippen LogP contribution is 2.31. The third-order valence-corrected chi connectivity index (χ3v) is 2.66. The summed E-state index contributed by atoms with van der Waals surface area (Å²) >= 11 is 0. The van der Waals surface area contributed by atoms with Crippen molar-refractivity contribution in [3.05, 3.63) is 53.6 Å². The van der Waals surface area contributed by atoms with Crippen LogP contribution in [0.5, 0.6) is 5.75 Å². The smallest absolute Gasteiger partial charge is 0.137 e. The molecule has 0 saturated heterocycles. The maximum atomic E-state index is 9.25. The lowest BCUT2D eigenvalue weighted by Crippen LogP contribution is -1.93. The van der Waals surface area contributed by atoms with Crippen molar-refractivity contribution in [1.29, 1.82) is 5.26 Å². The molecule has 2 aromatic carbocycles. The zero-order chi connectivity index (χ0) is 12.3. The SMILES string of the molecule is COc1cc(C)cc(-c2ccccc2)c1C#N. The Hall–Kier alpha value is -2.27. The van der Waals surface area contributed by atoms with Gasteiger partial charge in [-0.05, 0) is 30.2 Å². The van der Waals surface area contributed by atoms with Gasteiger partial charge in [0.05, 0.1) is 7.11 Å². The predicted octanol–water partition coefficient (Wildman–Crippen LogP) is 3.54. The molecule has 0 saturated carbocycles. The van der Waals surface area contributed by atoms with Gasteiger partial charge in [0.2, 0.25) is 0 Å². The van der Waals surface area contributed by atoms with Crippen LogP contribution in [0.15, 0.2) is 42.5 Å². The van der Waals surface area contributed by atoms with Crippen molar-refractivity contribution >= 4 is 0 Å². The molecule has 84 valence electrons. The van der Waals surface area contributed by atoms with Crippen LogP contribution in [0.4, 0.5) is 0 Å². The Morgan fingerprint density at radius 1 is 1.12 bits per heavy atom. The summed E-state index contributed by atoms with van der Waals surface area (Å²) in [6.07, 6.45) is 0. The van der Waals surface area contributed by atoms with E-state index in [2.05, 4.69) is 6.07 Å². The number of benzene rings is 2. The Labute approximate surface area is 101 Å². The monoisotopic (exact) mass is 223 g/mol. The lowest BCUT2D eigenvalue weighted by atomic mass is 9.97. The number of rotatable bonds is 2. The van der Waals surface area contributed by atoms with Crippen molar-refractivity contribution in [3.63, 3.8) is 0 Å². The van der Waals surface area contributed by atoms with Crippen molar-refractivity contribution < 1.29 is 4.74 Å². The Kier molecular flexibility index (Phi) is 3.11. The lowest BCUT2D eigenvalue weighted by Gasteiger charge is -2.10. The van der Waals surface area contributed by atoms with E-state index in [0.29, 0.717) is 11.3 Å². The third-order valence-electron chi connectivity index (χ3n) is 2.66. The second-order valence-corrected chi connectivity index (χ2v) is 3.87. The summed E-state index contributed by atoms with van der Waals surface area (Å²) in [7, 11) is 1.59.